The number of hydrogen-bond donors (Lipinski definition) is 2. The molecule has 0 atom stereocenters. The predicted molar refractivity (Wildman–Crippen MR) is 104 cm³/mol. The van der Waals surface area contributed by atoms with Crippen molar-refractivity contribution in [2.45, 2.75) is 51.9 Å². The first kappa shape index (κ1) is 16.7. The summed E-state index contributed by atoms with van der Waals surface area (Å²) in [5.41, 5.74) is 5.27. The van der Waals surface area contributed by atoms with E-state index in [1.807, 2.05) is 0 Å². The number of fused-ring (bicyclic) bond motifs is 5. The second-order valence-electron chi connectivity index (χ2n) is 6.66. The molecule has 25 heavy (non-hydrogen) atoms. The molecule has 1 aliphatic carbocycles. The Morgan fingerprint density at radius 1 is 1.20 bits per heavy atom. The Morgan fingerprint density at radius 2 is 2.04 bits per heavy atom. The Morgan fingerprint density at radius 3 is 2.84 bits per heavy atom. The zero-order valence-corrected chi connectivity index (χ0v) is 15.5. The maximum Gasteiger partial charge on any atom is 0.147 e. The van der Waals surface area contributed by atoms with Crippen molar-refractivity contribution >= 4 is 37.6 Å². The van der Waals surface area contributed by atoms with Crippen LogP contribution < -0.4 is 5.32 Å². The number of aromatic nitrogens is 3. The first-order valence-corrected chi connectivity index (χ1v) is 10.1. The predicted octanol–water partition coefficient (Wildman–Crippen LogP) is 3.87. The van der Waals surface area contributed by atoms with Gasteiger partial charge >= 0.3 is 0 Å². The number of nitrogens with zero attached hydrogens (tertiary/aromatic N) is 3. The molecule has 0 radical (unpaired) electrons. The second-order valence-corrected chi connectivity index (χ2v) is 7.66. The van der Waals surface area contributed by atoms with Gasteiger partial charge < -0.3 is 10.4 Å². The van der Waals surface area contributed by atoms with Crippen molar-refractivity contribution in [3.05, 3.63) is 23.1 Å². The van der Waals surface area contributed by atoms with Gasteiger partial charge in [-0.05, 0) is 49.7 Å². The van der Waals surface area contributed by atoms with Gasteiger partial charge in [0.1, 0.15) is 17.0 Å². The molecule has 3 aromatic rings. The summed E-state index contributed by atoms with van der Waals surface area (Å²) in [6.45, 7) is 2.82. The molecule has 0 saturated carbocycles. The van der Waals surface area contributed by atoms with Gasteiger partial charge in [-0.3, -0.25) is 0 Å². The third-order valence-corrected chi connectivity index (χ3v) is 6.06. The Labute approximate surface area is 151 Å². The van der Waals surface area contributed by atoms with E-state index in [0.29, 0.717) is 6.54 Å². The van der Waals surface area contributed by atoms with Gasteiger partial charge in [0.05, 0.1) is 16.8 Å². The van der Waals surface area contributed by atoms with E-state index in [1.54, 1.807) is 17.7 Å². The fourth-order valence-electron chi connectivity index (χ4n) is 3.79. The zero-order valence-electron chi connectivity index (χ0n) is 14.6. The fourth-order valence-corrected chi connectivity index (χ4v) is 4.93. The smallest absolute Gasteiger partial charge is 0.147 e. The van der Waals surface area contributed by atoms with Gasteiger partial charge in [0.15, 0.2) is 0 Å². The Kier molecular flexibility index (Phi) is 4.81. The molecule has 0 unspecified atom stereocenters. The number of nitrogens with one attached hydrogen (secondary N) is 1. The number of unbranched alkanes of at least 4 members (excludes halogenated alkanes) is 1. The van der Waals surface area contributed by atoms with Crippen molar-refractivity contribution in [2.75, 3.05) is 18.5 Å². The lowest BCUT2D eigenvalue weighted by Crippen LogP contribution is -2.09. The van der Waals surface area contributed by atoms with Crippen LogP contribution in [0.4, 0.5) is 5.82 Å². The molecule has 1 aliphatic rings. The highest BCUT2D eigenvalue weighted by atomic mass is 32.1. The van der Waals surface area contributed by atoms with E-state index in [0.717, 1.165) is 40.1 Å². The third-order valence-electron chi connectivity index (χ3n) is 4.98. The normalized spacial score (nSPS) is 14.2. The van der Waals surface area contributed by atoms with E-state index in [-0.39, 0.29) is 6.61 Å². The zero-order chi connectivity index (χ0) is 17.2. The minimum absolute atomic E-state index is 0.0885. The number of aliphatic hydroxyl groups excluding tert-OH is 1. The van der Waals surface area contributed by atoms with Crippen LogP contribution in [0.15, 0.2) is 6.33 Å². The van der Waals surface area contributed by atoms with Crippen LogP contribution in [0.25, 0.3) is 20.4 Å². The Hall–Kier alpha value is -1.79. The molecule has 0 saturated heterocycles. The standard InChI is InChI=1S/C19H24N4OS/c1-2-3-8-14-12-6-4-5-7-13(12)15-16-17(25-19(15)23-14)18(20-9-10-24)22-11-21-16/h11,24H,2-10H2,1H3,(H,20,21,22). The monoisotopic (exact) mass is 356 g/mol. The van der Waals surface area contributed by atoms with Crippen LogP contribution in [0, 0.1) is 0 Å². The number of aliphatic hydroxyl groups is 1. The molecule has 5 nitrogen and oxygen atoms in total. The molecule has 3 aromatic heterocycles. The van der Waals surface area contributed by atoms with E-state index in [4.69, 9.17) is 10.1 Å². The van der Waals surface area contributed by atoms with Crippen LogP contribution in [-0.2, 0) is 19.3 Å². The molecule has 0 amide bonds. The number of aryl methyl sites for hydroxylation is 2. The van der Waals surface area contributed by atoms with Crippen molar-refractivity contribution in [3.63, 3.8) is 0 Å². The molecule has 0 aromatic carbocycles. The fraction of sp³-hybridized carbons (Fsp3) is 0.526. The molecule has 2 N–H and O–H groups in total. The van der Waals surface area contributed by atoms with Gasteiger partial charge in [0.2, 0.25) is 0 Å². The lowest BCUT2D eigenvalue weighted by molar-refractivity contribution is 0.311. The summed E-state index contributed by atoms with van der Waals surface area (Å²) in [6.07, 6.45) is 9.87. The topological polar surface area (TPSA) is 70.9 Å². The van der Waals surface area contributed by atoms with Crippen LogP contribution in [-0.4, -0.2) is 33.2 Å². The summed E-state index contributed by atoms with van der Waals surface area (Å²) in [6, 6.07) is 0. The number of hydrogen-bond acceptors (Lipinski definition) is 6. The van der Waals surface area contributed by atoms with E-state index >= 15 is 0 Å². The molecular weight excluding hydrogens is 332 g/mol. The molecule has 0 bridgehead atoms. The number of pyridine rings is 1. The Balaban J connectivity index is 1.94. The SMILES string of the molecule is CCCCc1nc2sc3c(NCCO)ncnc3c2c2c1CCCC2. The average molecular weight is 356 g/mol. The van der Waals surface area contributed by atoms with Gasteiger partial charge in [-0.1, -0.05) is 13.3 Å². The summed E-state index contributed by atoms with van der Waals surface area (Å²) >= 11 is 1.68. The van der Waals surface area contributed by atoms with Crippen LogP contribution in [0.1, 0.15) is 49.4 Å². The van der Waals surface area contributed by atoms with Crippen molar-refractivity contribution < 1.29 is 5.11 Å². The minimum Gasteiger partial charge on any atom is -0.395 e. The molecule has 6 heteroatoms. The molecule has 3 heterocycles. The molecule has 0 spiro atoms. The summed E-state index contributed by atoms with van der Waals surface area (Å²) in [5.74, 6) is 0.807. The van der Waals surface area contributed by atoms with Crippen molar-refractivity contribution in [3.8, 4) is 0 Å². The number of anilines is 1. The van der Waals surface area contributed by atoms with Crippen molar-refractivity contribution in [1.82, 2.24) is 15.0 Å². The summed E-state index contributed by atoms with van der Waals surface area (Å²) < 4.78 is 1.05. The van der Waals surface area contributed by atoms with Crippen molar-refractivity contribution in [1.29, 1.82) is 0 Å². The molecule has 132 valence electrons. The van der Waals surface area contributed by atoms with Gasteiger partial charge in [-0.2, -0.15) is 0 Å². The molecule has 0 fully saturated rings. The maximum atomic E-state index is 9.10. The number of thiophene rings is 1. The highest BCUT2D eigenvalue weighted by Gasteiger charge is 2.22. The summed E-state index contributed by atoms with van der Waals surface area (Å²) in [7, 11) is 0. The van der Waals surface area contributed by atoms with Crippen LogP contribution >= 0.6 is 11.3 Å². The molecular formula is C19H24N4OS. The highest BCUT2D eigenvalue weighted by Crippen LogP contribution is 2.40. The van der Waals surface area contributed by atoms with Gasteiger partial charge in [-0.15, -0.1) is 11.3 Å². The summed E-state index contributed by atoms with van der Waals surface area (Å²) in [5, 5.41) is 13.6. The van der Waals surface area contributed by atoms with Gasteiger partial charge in [-0.25, -0.2) is 15.0 Å². The first-order chi connectivity index (χ1) is 12.3. The average Bonchev–Trinajstić information content (AvgIpc) is 3.03. The molecule has 4 rings (SSSR count). The van der Waals surface area contributed by atoms with Crippen molar-refractivity contribution in [2.24, 2.45) is 0 Å². The van der Waals surface area contributed by atoms with Gasteiger partial charge in [0.25, 0.3) is 0 Å². The first-order valence-electron chi connectivity index (χ1n) is 9.26. The minimum atomic E-state index is 0.0885. The van der Waals surface area contributed by atoms with E-state index < -0.39 is 0 Å². The van der Waals surface area contributed by atoms with Gasteiger partial charge in [0, 0.05) is 17.6 Å². The highest BCUT2D eigenvalue weighted by molar-refractivity contribution is 7.26. The lowest BCUT2D eigenvalue weighted by atomic mass is 9.87. The second kappa shape index (κ2) is 7.22. The quantitative estimate of drug-likeness (QED) is 0.702. The largest absolute Gasteiger partial charge is 0.395 e. The van der Waals surface area contributed by atoms with Crippen LogP contribution in [0.5, 0.6) is 0 Å². The molecule has 0 aliphatic heterocycles. The van der Waals surface area contributed by atoms with E-state index in [9.17, 15) is 0 Å². The van der Waals surface area contributed by atoms with Crippen LogP contribution in [0.2, 0.25) is 0 Å². The maximum absolute atomic E-state index is 9.10. The van der Waals surface area contributed by atoms with E-state index in [1.165, 1.54) is 47.9 Å². The summed E-state index contributed by atoms with van der Waals surface area (Å²) in [4.78, 5) is 15.1. The third kappa shape index (κ3) is 2.98. The Bertz CT molecular complexity index is 905. The van der Waals surface area contributed by atoms with E-state index in [2.05, 4.69) is 22.2 Å². The van der Waals surface area contributed by atoms with Crippen LogP contribution in [0.3, 0.4) is 0 Å². The lowest BCUT2D eigenvalue weighted by Gasteiger charge is -2.20. The number of rotatable bonds is 6.